The first-order valence-corrected chi connectivity index (χ1v) is 18.1. The first-order chi connectivity index (χ1) is 20.1. The minimum atomic E-state index is -0.543. The first kappa shape index (κ1) is 29.5. The molecule has 0 radical (unpaired) electrons. The third-order valence-corrected chi connectivity index (χ3v) is 13.0. The molecule has 234 valence electrons. The third kappa shape index (κ3) is 6.59. The van der Waals surface area contributed by atoms with Gasteiger partial charge in [-0.3, -0.25) is 0 Å². The summed E-state index contributed by atoms with van der Waals surface area (Å²) in [6, 6.07) is 0.289. The lowest BCUT2D eigenvalue weighted by Gasteiger charge is -2.54. The molecular formula is C35H59NO5. The van der Waals surface area contributed by atoms with E-state index in [0.717, 1.165) is 62.7 Å². The molecule has 0 aromatic rings. The Morgan fingerprint density at radius 3 is 1.51 bits per heavy atom. The first-order valence-electron chi connectivity index (χ1n) is 18.1. The van der Waals surface area contributed by atoms with Gasteiger partial charge in [0.15, 0.2) is 12.6 Å². The van der Waals surface area contributed by atoms with Crippen LogP contribution in [0.25, 0.3) is 0 Å². The molecule has 0 amide bonds. The van der Waals surface area contributed by atoms with Crippen molar-refractivity contribution in [3.05, 3.63) is 0 Å². The van der Waals surface area contributed by atoms with Gasteiger partial charge in [0.05, 0.1) is 17.8 Å². The molecule has 6 nitrogen and oxygen atoms in total. The van der Waals surface area contributed by atoms with Crippen molar-refractivity contribution in [1.82, 2.24) is 5.32 Å². The minimum Gasteiger partial charge on any atom is -0.388 e. The van der Waals surface area contributed by atoms with E-state index < -0.39 is 5.60 Å². The Balaban J connectivity index is 0.965. The number of nitrogens with one attached hydrogen (secondary N) is 1. The van der Waals surface area contributed by atoms with Gasteiger partial charge in [-0.05, 0) is 170 Å². The van der Waals surface area contributed by atoms with Crippen molar-refractivity contribution in [3.8, 4) is 0 Å². The molecule has 0 bridgehead atoms. The number of hydrogen-bond donors (Lipinski definition) is 2. The Kier molecular flexibility index (Phi) is 9.63. The second-order valence-electron chi connectivity index (χ2n) is 15.3. The van der Waals surface area contributed by atoms with E-state index >= 15 is 0 Å². The lowest BCUT2D eigenvalue weighted by Crippen LogP contribution is -2.60. The van der Waals surface area contributed by atoms with Crippen LogP contribution in [0.1, 0.15) is 128 Å². The van der Waals surface area contributed by atoms with Crippen LogP contribution in [-0.2, 0) is 18.9 Å². The van der Waals surface area contributed by atoms with Gasteiger partial charge in [-0.1, -0.05) is 0 Å². The lowest BCUT2D eigenvalue weighted by molar-refractivity contribution is -0.204. The molecule has 0 aromatic carbocycles. The van der Waals surface area contributed by atoms with Crippen molar-refractivity contribution >= 4 is 0 Å². The van der Waals surface area contributed by atoms with Gasteiger partial charge in [0.25, 0.3) is 0 Å². The van der Waals surface area contributed by atoms with Crippen LogP contribution >= 0.6 is 0 Å². The molecule has 3 aliphatic heterocycles. The molecule has 4 saturated carbocycles. The summed E-state index contributed by atoms with van der Waals surface area (Å²) in [6.45, 7) is 2.81. The molecule has 10 unspecified atom stereocenters. The number of fused-ring (bicyclic) bond motifs is 2. The van der Waals surface area contributed by atoms with Crippen LogP contribution in [0.2, 0.25) is 0 Å². The molecular weight excluding hydrogens is 514 g/mol. The zero-order valence-corrected chi connectivity index (χ0v) is 25.7. The molecule has 3 saturated heterocycles. The third-order valence-electron chi connectivity index (χ3n) is 13.0. The summed E-state index contributed by atoms with van der Waals surface area (Å²) in [4.78, 5) is 0. The van der Waals surface area contributed by atoms with Gasteiger partial charge in [-0.25, -0.2) is 0 Å². The van der Waals surface area contributed by atoms with Crippen LogP contribution in [0.3, 0.4) is 0 Å². The van der Waals surface area contributed by atoms with Crippen LogP contribution in [0.5, 0.6) is 0 Å². The fourth-order valence-corrected chi connectivity index (χ4v) is 10.8. The van der Waals surface area contributed by atoms with E-state index in [4.69, 9.17) is 18.9 Å². The van der Waals surface area contributed by atoms with Crippen molar-refractivity contribution in [1.29, 1.82) is 0 Å². The second kappa shape index (κ2) is 13.4. The Morgan fingerprint density at radius 1 is 0.537 bits per heavy atom. The molecule has 4 aliphatic carbocycles. The topological polar surface area (TPSA) is 69.2 Å². The maximum Gasteiger partial charge on any atom is 0.157 e. The van der Waals surface area contributed by atoms with E-state index in [-0.39, 0.29) is 18.6 Å². The van der Waals surface area contributed by atoms with E-state index in [1.807, 2.05) is 0 Å². The van der Waals surface area contributed by atoms with Gasteiger partial charge in [0.1, 0.15) is 0 Å². The van der Waals surface area contributed by atoms with Crippen LogP contribution in [-0.4, -0.2) is 61.3 Å². The van der Waals surface area contributed by atoms with Crippen LogP contribution in [0, 0.1) is 35.5 Å². The average molecular weight is 574 g/mol. The highest BCUT2D eigenvalue weighted by molar-refractivity contribution is 5.07. The van der Waals surface area contributed by atoms with Gasteiger partial charge < -0.3 is 29.4 Å². The number of ether oxygens (including phenoxy) is 4. The normalized spacial score (nSPS) is 47.2. The van der Waals surface area contributed by atoms with Crippen LogP contribution in [0.15, 0.2) is 0 Å². The second-order valence-corrected chi connectivity index (χ2v) is 15.3. The van der Waals surface area contributed by atoms with E-state index in [9.17, 15) is 5.11 Å². The summed E-state index contributed by atoms with van der Waals surface area (Å²) >= 11 is 0. The Hall–Kier alpha value is -0.240. The molecule has 0 spiro atoms. The molecule has 11 atom stereocenters. The lowest BCUT2D eigenvalue weighted by atomic mass is 9.55. The molecule has 2 N–H and O–H groups in total. The highest BCUT2D eigenvalue weighted by Gasteiger charge is 2.54. The predicted octanol–water partition coefficient (Wildman–Crippen LogP) is 6.73. The molecule has 7 fully saturated rings. The van der Waals surface area contributed by atoms with Crippen molar-refractivity contribution in [3.63, 3.8) is 0 Å². The van der Waals surface area contributed by atoms with Crippen molar-refractivity contribution < 1.29 is 24.1 Å². The molecule has 3 heterocycles. The fourth-order valence-electron chi connectivity index (χ4n) is 10.8. The minimum absolute atomic E-state index is 0.0394. The fraction of sp³-hybridized carbons (Fsp3) is 1.00. The Labute approximate surface area is 249 Å². The number of aliphatic hydroxyl groups is 1. The summed E-state index contributed by atoms with van der Waals surface area (Å²) in [5, 5.41) is 16.8. The number of hydrogen-bond acceptors (Lipinski definition) is 6. The zero-order chi connectivity index (χ0) is 27.6. The van der Waals surface area contributed by atoms with Crippen molar-refractivity contribution in [2.75, 3.05) is 19.8 Å². The van der Waals surface area contributed by atoms with Gasteiger partial charge >= 0.3 is 0 Å². The average Bonchev–Trinajstić information content (AvgIpc) is 3.57. The maximum atomic E-state index is 12.9. The smallest absolute Gasteiger partial charge is 0.157 e. The SMILES string of the molecule is OC(C1CCC2CC(OC3CCCCO3)CCC2C1)(C1CCC2CC(OC3CCCCO3)CCC2C1)[C@@H]1CCCN1. The van der Waals surface area contributed by atoms with Gasteiger partial charge in [0, 0.05) is 19.3 Å². The molecule has 7 aliphatic rings. The molecule has 41 heavy (non-hydrogen) atoms. The Morgan fingerprint density at radius 2 is 1.05 bits per heavy atom. The standard InChI is InChI=1S/C35H59NO5/c37-35(32-6-5-17-36-32,28-13-9-26-22-30(15-11-24(26)20-28)40-33-7-1-3-18-38-33)29-14-10-27-23-31(16-12-25(27)21-29)41-34-8-2-4-19-39-34/h24-34,36-37H,1-23H2/t24?,25?,26?,27?,28?,29?,30?,31?,32-,33?,34?,35?/m0/s1. The molecule has 6 heteroatoms. The predicted molar refractivity (Wildman–Crippen MR) is 159 cm³/mol. The number of rotatable bonds is 7. The van der Waals surface area contributed by atoms with Crippen LogP contribution < -0.4 is 5.32 Å². The van der Waals surface area contributed by atoms with E-state index in [1.54, 1.807) is 0 Å². The maximum absolute atomic E-state index is 12.9. The monoisotopic (exact) mass is 573 g/mol. The quantitative estimate of drug-likeness (QED) is 0.329. The zero-order valence-electron chi connectivity index (χ0n) is 25.7. The summed E-state index contributed by atoms with van der Waals surface area (Å²) in [5.74, 6) is 3.97. The summed E-state index contributed by atoms with van der Waals surface area (Å²) in [7, 11) is 0. The summed E-state index contributed by atoms with van der Waals surface area (Å²) < 4.78 is 24.7. The van der Waals surface area contributed by atoms with E-state index in [0.29, 0.717) is 24.0 Å². The largest absolute Gasteiger partial charge is 0.388 e. The van der Waals surface area contributed by atoms with Gasteiger partial charge in [-0.15, -0.1) is 0 Å². The van der Waals surface area contributed by atoms with E-state index in [2.05, 4.69) is 5.32 Å². The van der Waals surface area contributed by atoms with Crippen LogP contribution in [0.4, 0.5) is 0 Å². The van der Waals surface area contributed by atoms with Crippen molar-refractivity contribution in [2.45, 2.75) is 165 Å². The van der Waals surface area contributed by atoms with Crippen molar-refractivity contribution in [2.24, 2.45) is 35.5 Å². The van der Waals surface area contributed by atoms with E-state index in [1.165, 1.54) is 109 Å². The molecule has 7 rings (SSSR count). The van der Waals surface area contributed by atoms with Gasteiger partial charge in [-0.2, -0.15) is 0 Å². The highest BCUT2D eigenvalue weighted by atomic mass is 16.7. The summed E-state index contributed by atoms with van der Waals surface area (Å²) in [5.41, 5.74) is -0.543. The summed E-state index contributed by atoms with van der Waals surface area (Å²) in [6.07, 6.45) is 24.9. The van der Waals surface area contributed by atoms with Gasteiger partial charge in [0.2, 0.25) is 0 Å². The highest BCUT2D eigenvalue weighted by Crippen LogP contribution is 2.54. The molecule has 0 aromatic heterocycles. The Bertz CT molecular complexity index is 765.